The number of rotatable bonds is 3. The zero-order valence-corrected chi connectivity index (χ0v) is 12.8. The Morgan fingerprint density at radius 2 is 1.62 bits per heavy atom. The number of benzene rings is 2. The van der Waals surface area contributed by atoms with Gasteiger partial charge < -0.3 is 27.3 Å². The number of nitrogens with one attached hydrogen (secondary N) is 2. The van der Waals surface area contributed by atoms with E-state index in [2.05, 4.69) is 10.3 Å². The maximum atomic E-state index is 10.1. The first-order valence-corrected chi connectivity index (χ1v) is 7.30. The molecule has 0 heterocycles. The van der Waals surface area contributed by atoms with Gasteiger partial charge in [0.2, 0.25) is 0 Å². The molecule has 6 nitrogen and oxygen atoms in total. The summed E-state index contributed by atoms with van der Waals surface area (Å²) in [5, 5.41) is 20.7. The largest absolute Gasteiger partial charge is 0.506 e. The van der Waals surface area contributed by atoms with Crippen molar-refractivity contribution < 1.29 is 5.11 Å². The number of nitrogens with two attached hydrogens (primary N) is 2. The lowest BCUT2D eigenvalue weighted by Crippen LogP contribution is -1.99. The fraction of sp³-hybridized carbons (Fsp3) is 0. The molecule has 1 aliphatic rings. The molecular weight excluding hydrogens is 302 g/mol. The highest BCUT2D eigenvalue weighted by atomic mass is 16.3. The number of aromatic hydroxyl groups is 1. The lowest BCUT2D eigenvalue weighted by Gasteiger charge is -2.12. The van der Waals surface area contributed by atoms with Crippen LogP contribution in [0.15, 0.2) is 65.7 Å². The Labute approximate surface area is 139 Å². The van der Waals surface area contributed by atoms with Gasteiger partial charge in [-0.25, -0.2) is 4.99 Å². The van der Waals surface area contributed by atoms with Crippen molar-refractivity contribution in [2.45, 2.75) is 0 Å². The van der Waals surface area contributed by atoms with E-state index < -0.39 is 0 Å². The van der Waals surface area contributed by atoms with Crippen LogP contribution in [0.5, 0.6) is 5.75 Å². The maximum Gasteiger partial charge on any atom is 0.141 e. The standard InChI is InChI=1S/C18H17N5O/c19-11-1-5-13(6-2-11)22-16-10-17(18(24)9-15(16)21)23-14-7-3-12(20)4-8-14/h1-10,19,23-24H,20-21H2. The molecule has 7 N–H and O–H groups in total. The summed E-state index contributed by atoms with van der Waals surface area (Å²) in [5.74, 6) is 0.0322. The van der Waals surface area contributed by atoms with Crippen molar-refractivity contribution in [1.29, 1.82) is 5.41 Å². The van der Waals surface area contributed by atoms with E-state index in [-0.39, 0.29) is 5.75 Å². The fourth-order valence-corrected chi connectivity index (χ4v) is 2.19. The van der Waals surface area contributed by atoms with Gasteiger partial charge in [-0.3, -0.25) is 0 Å². The molecule has 6 heteroatoms. The summed E-state index contributed by atoms with van der Waals surface area (Å²) in [4.78, 5) is 4.46. The van der Waals surface area contributed by atoms with E-state index in [1.165, 1.54) is 6.07 Å². The van der Waals surface area contributed by atoms with E-state index in [1.54, 1.807) is 42.5 Å². The number of anilines is 4. The van der Waals surface area contributed by atoms with Crippen molar-refractivity contribution in [3.05, 3.63) is 60.7 Å². The van der Waals surface area contributed by atoms with E-state index in [0.717, 1.165) is 5.69 Å². The molecule has 0 bridgehead atoms. The second-order valence-electron chi connectivity index (χ2n) is 5.33. The van der Waals surface area contributed by atoms with Gasteiger partial charge in [-0.15, -0.1) is 0 Å². The lowest BCUT2D eigenvalue weighted by atomic mass is 10.1. The van der Waals surface area contributed by atoms with Crippen LogP contribution in [0.25, 0.3) is 0 Å². The lowest BCUT2D eigenvalue weighted by molar-refractivity contribution is 0.478. The summed E-state index contributed by atoms with van der Waals surface area (Å²) in [7, 11) is 0. The molecule has 3 rings (SSSR count). The van der Waals surface area contributed by atoms with Crippen molar-refractivity contribution in [2.75, 3.05) is 16.8 Å². The first-order chi connectivity index (χ1) is 11.5. The molecule has 2 aromatic carbocycles. The third-order valence-electron chi connectivity index (χ3n) is 3.45. The highest BCUT2D eigenvalue weighted by Gasteiger charge is 2.08. The second kappa shape index (κ2) is 6.29. The van der Waals surface area contributed by atoms with Crippen LogP contribution in [0.1, 0.15) is 0 Å². The van der Waals surface area contributed by atoms with E-state index >= 15 is 0 Å². The Bertz CT molecular complexity index is 861. The molecule has 0 spiro atoms. The molecule has 120 valence electrons. The predicted molar refractivity (Wildman–Crippen MR) is 99.8 cm³/mol. The average molecular weight is 319 g/mol. The molecule has 0 atom stereocenters. The zero-order chi connectivity index (χ0) is 17.1. The predicted octanol–water partition coefficient (Wildman–Crippen LogP) is 3.52. The van der Waals surface area contributed by atoms with Crippen LogP contribution in [0.3, 0.4) is 0 Å². The molecule has 2 aromatic rings. The minimum absolute atomic E-state index is 0.0322. The summed E-state index contributed by atoms with van der Waals surface area (Å²) >= 11 is 0. The van der Waals surface area contributed by atoms with Crippen LogP contribution in [-0.4, -0.2) is 16.5 Å². The smallest absolute Gasteiger partial charge is 0.141 e. The molecule has 0 fully saturated rings. The quantitative estimate of drug-likeness (QED) is 0.337. The first-order valence-electron chi connectivity index (χ1n) is 7.30. The number of hydrogen-bond donors (Lipinski definition) is 5. The molecule has 24 heavy (non-hydrogen) atoms. The van der Waals surface area contributed by atoms with Gasteiger partial charge in [0.25, 0.3) is 0 Å². The number of phenolic OH excluding ortho intramolecular Hbond substituents is 1. The van der Waals surface area contributed by atoms with Gasteiger partial charge in [0.15, 0.2) is 0 Å². The van der Waals surface area contributed by atoms with Crippen LogP contribution in [0.4, 0.5) is 28.4 Å². The van der Waals surface area contributed by atoms with E-state index in [0.29, 0.717) is 34.2 Å². The molecule has 1 aliphatic carbocycles. The van der Waals surface area contributed by atoms with Crippen molar-refractivity contribution in [1.82, 2.24) is 0 Å². The molecule has 0 aliphatic heterocycles. The van der Waals surface area contributed by atoms with Gasteiger partial charge in [-0.05, 0) is 54.6 Å². The van der Waals surface area contributed by atoms with E-state index in [9.17, 15) is 5.11 Å². The van der Waals surface area contributed by atoms with Crippen LogP contribution in [-0.2, 0) is 0 Å². The number of allylic oxidation sites excluding steroid dienone is 4. The Morgan fingerprint density at radius 3 is 2.29 bits per heavy atom. The average Bonchev–Trinajstić information content (AvgIpc) is 2.56. The van der Waals surface area contributed by atoms with Gasteiger partial charge in [0.1, 0.15) is 5.75 Å². The first kappa shape index (κ1) is 15.4. The summed E-state index contributed by atoms with van der Waals surface area (Å²) < 4.78 is 0. The topological polar surface area (TPSA) is 121 Å². The summed E-state index contributed by atoms with van der Waals surface area (Å²) in [6.07, 6.45) is 6.79. The number of hydrogen-bond acceptors (Lipinski definition) is 6. The SMILES string of the molecule is N=C1C=CC(=Nc2cc(Nc3ccc(N)cc3)c(O)cc2N)C=C1. The van der Waals surface area contributed by atoms with Crippen LogP contribution >= 0.6 is 0 Å². The van der Waals surface area contributed by atoms with Gasteiger partial charge >= 0.3 is 0 Å². The minimum atomic E-state index is 0.0322. The summed E-state index contributed by atoms with van der Waals surface area (Å²) in [6.45, 7) is 0. The van der Waals surface area contributed by atoms with E-state index in [4.69, 9.17) is 16.9 Å². The van der Waals surface area contributed by atoms with Gasteiger partial charge in [0.05, 0.1) is 28.5 Å². The number of aliphatic imine (C=N–C) groups is 1. The molecular formula is C18H17N5O. The number of phenols is 1. The Hall–Kier alpha value is -3.54. The third-order valence-corrected chi connectivity index (χ3v) is 3.45. The molecule has 0 unspecified atom stereocenters. The molecule has 0 radical (unpaired) electrons. The van der Waals surface area contributed by atoms with Gasteiger partial charge in [-0.1, -0.05) is 0 Å². The van der Waals surface area contributed by atoms with Crippen molar-refractivity contribution in [3.63, 3.8) is 0 Å². The number of nitrogens with zero attached hydrogens (tertiary/aromatic N) is 1. The number of nitrogen functional groups attached to an aromatic ring is 2. The van der Waals surface area contributed by atoms with Crippen molar-refractivity contribution in [2.24, 2.45) is 4.99 Å². The van der Waals surface area contributed by atoms with Crippen LogP contribution in [0, 0.1) is 5.41 Å². The van der Waals surface area contributed by atoms with Crippen LogP contribution in [0.2, 0.25) is 0 Å². The van der Waals surface area contributed by atoms with Crippen molar-refractivity contribution in [3.8, 4) is 5.75 Å². The summed E-state index contributed by atoms with van der Waals surface area (Å²) in [6, 6.07) is 10.3. The van der Waals surface area contributed by atoms with Crippen LogP contribution < -0.4 is 16.8 Å². The minimum Gasteiger partial charge on any atom is -0.506 e. The monoisotopic (exact) mass is 319 g/mol. The summed E-state index contributed by atoms with van der Waals surface area (Å²) in [5.41, 5.74) is 15.5. The molecule has 0 aromatic heterocycles. The molecule has 0 amide bonds. The molecule has 0 saturated heterocycles. The van der Waals surface area contributed by atoms with Gasteiger partial charge in [-0.2, -0.15) is 0 Å². The highest BCUT2D eigenvalue weighted by Crippen LogP contribution is 2.36. The second-order valence-corrected chi connectivity index (χ2v) is 5.33. The zero-order valence-electron chi connectivity index (χ0n) is 12.8. The Kier molecular flexibility index (Phi) is 4.03. The fourth-order valence-electron chi connectivity index (χ4n) is 2.19. The Balaban J connectivity index is 1.92. The normalized spacial score (nSPS) is 13.2. The highest BCUT2D eigenvalue weighted by molar-refractivity contribution is 6.18. The molecule has 0 saturated carbocycles. The van der Waals surface area contributed by atoms with E-state index in [1.807, 2.05) is 12.1 Å². The third kappa shape index (κ3) is 3.44. The Morgan fingerprint density at radius 1 is 0.958 bits per heavy atom. The maximum absolute atomic E-state index is 10.1. The van der Waals surface area contributed by atoms with Crippen molar-refractivity contribution >= 4 is 39.9 Å². The van der Waals surface area contributed by atoms with Gasteiger partial charge in [0, 0.05) is 17.4 Å².